The van der Waals surface area contributed by atoms with E-state index in [1.165, 1.54) is 49.1 Å². The van der Waals surface area contributed by atoms with E-state index in [0.717, 1.165) is 36.7 Å². The highest BCUT2D eigenvalue weighted by molar-refractivity contribution is 7.12. The third-order valence-corrected chi connectivity index (χ3v) is 6.99. The predicted molar refractivity (Wildman–Crippen MR) is 92.1 cm³/mol. The smallest absolute Gasteiger partial charge is 0.165 e. The van der Waals surface area contributed by atoms with E-state index in [1.54, 1.807) is 11.3 Å². The SMILES string of the molecule is c1csc(C2=NCC(CNC34CC5CC(CC(C5)C3)C4)=N2)c1. The topological polar surface area (TPSA) is 36.8 Å². The third-order valence-electron chi connectivity index (χ3n) is 6.12. The predicted octanol–water partition coefficient (Wildman–Crippen LogP) is 3.51. The van der Waals surface area contributed by atoms with Crippen LogP contribution >= 0.6 is 11.3 Å². The summed E-state index contributed by atoms with van der Waals surface area (Å²) in [7, 11) is 0. The lowest BCUT2D eigenvalue weighted by Gasteiger charge is -2.57. The van der Waals surface area contributed by atoms with Gasteiger partial charge in [0.2, 0.25) is 0 Å². The van der Waals surface area contributed by atoms with Crippen molar-refractivity contribution in [2.45, 2.75) is 44.1 Å². The molecule has 0 radical (unpaired) electrons. The molecule has 4 heteroatoms. The van der Waals surface area contributed by atoms with Gasteiger partial charge in [0.1, 0.15) is 0 Å². The van der Waals surface area contributed by atoms with Gasteiger partial charge in [0.25, 0.3) is 0 Å². The summed E-state index contributed by atoms with van der Waals surface area (Å²) in [5.74, 6) is 3.95. The van der Waals surface area contributed by atoms with Gasteiger partial charge in [0.15, 0.2) is 5.84 Å². The minimum atomic E-state index is 0.433. The van der Waals surface area contributed by atoms with Gasteiger partial charge < -0.3 is 5.32 Å². The van der Waals surface area contributed by atoms with Crippen LogP contribution in [0.15, 0.2) is 27.5 Å². The maximum Gasteiger partial charge on any atom is 0.165 e. The Balaban J connectivity index is 1.26. The summed E-state index contributed by atoms with van der Waals surface area (Å²) in [5.41, 5.74) is 1.65. The minimum absolute atomic E-state index is 0.433. The lowest BCUT2D eigenvalue weighted by Crippen LogP contribution is -2.59. The first-order chi connectivity index (χ1) is 10.8. The van der Waals surface area contributed by atoms with Crippen molar-refractivity contribution in [3.63, 3.8) is 0 Å². The largest absolute Gasteiger partial charge is 0.306 e. The lowest BCUT2D eigenvalue weighted by molar-refractivity contribution is -0.0173. The molecule has 0 saturated heterocycles. The van der Waals surface area contributed by atoms with E-state index in [9.17, 15) is 0 Å². The Labute approximate surface area is 135 Å². The number of nitrogens with zero attached hydrogens (tertiary/aromatic N) is 2. The first kappa shape index (κ1) is 13.4. The summed E-state index contributed by atoms with van der Waals surface area (Å²) >= 11 is 1.73. The summed E-state index contributed by atoms with van der Waals surface area (Å²) in [5, 5.41) is 6.03. The molecule has 0 spiro atoms. The van der Waals surface area contributed by atoms with Crippen molar-refractivity contribution >= 4 is 22.9 Å². The van der Waals surface area contributed by atoms with Crippen LogP contribution in [0.3, 0.4) is 0 Å². The van der Waals surface area contributed by atoms with Crippen LogP contribution in [-0.4, -0.2) is 30.2 Å². The van der Waals surface area contributed by atoms with Crippen molar-refractivity contribution in [1.82, 2.24) is 5.32 Å². The zero-order valence-electron chi connectivity index (χ0n) is 12.9. The van der Waals surface area contributed by atoms with Gasteiger partial charge in [-0.05, 0) is 67.7 Å². The van der Waals surface area contributed by atoms with Crippen LogP contribution in [0.1, 0.15) is 43.4 Å². The van der Waals surface area contributed by atoms with E-state index < -0.39 is 0 Å². The normalized spacial score (nSPS) is 39.2. The molecule has 0 aromatic carbocycles. The van der Waals surface area contributed by atoms with E-state index in [-0.39, 0.29) is 0 Å². The maximum absolute atomic E-state index is 4.76. The number of amidine groups is 1. The van der Waals surface area contributed by atoms with Crippen molar-refractivity contribution in [2.24, 2.45) is 27.7 Å². The van der Waals surface area contributed by atoms with Crippen LogP contribution in [-0.2, 0) is 0 Å². The molecule has 0 amide bonds. The van der Waals surface area contributed by atoms with Crippen LogP contribution in [0.4, 0.5) is 0 Å². The number of aliphatic imine (C=N–C) groups is 2. The highest BCUT2D eigenvalue weighted by Crippen LogP contribution is 2.55. The fraction of sp³-hybridized carbons (Fsp3) is 0.667. The minimum Gasteiger partial charge on any atom is -0.306 e. The molecule has 4 aliphatic carbocycles. The number of hydrogen-bond acceptors (Lipinski definition) is 4. The number of rotatable bonds is 4. The second kappa shape index (κ2) is 5.00. The summed E-state index contributed by atoms with van der Waals surface area (Å²) < 4.78 is 0. The molecule has 116 valence electrons. The van der Waals surface area contributed by atoms with Gasteiger partial charge in [-0.1, -0.05) is 6.07 Å². The Morgan fingerprint density at radius 3 is 2.50 bits per heavy atom. The maximum atomic E-state index is 4.76. The molecule has 3 nitrogen and oxygen atoms in total. The molecule has 5 aliphatic rings. The van der Waals surface area contributed by atoms with Crippen LogP contribution in [0.2, 0.25) is 0 Å². The van der Waals surface area contributed by atoms with Crippen molar-refractivity contribution in [3.05, 3.63) is 22.4 Å². The Kier molecular flexibility index (Phi) is 3.05. The number of thiophene rings is 1. The Morgan fingerprint density at radius 2 is 1.86 bits per heavy atom. The second-order valence-corrected chi connectivity index (χ2v) is 8.79. The van der Waals surface area contributed by atoms with Gasteiger partial charge in [-0.25, -0.2) is 4.99 Å². The van der Waals surface area contributed by atoms with E-state index in [4.69, 9.17) is 4.99 Å². The molecule has 1 aliphatic heterocycles. The zero-order chi connectivity index (χ0) is 14.6. The van der Waals surface area contributed by atoms with E-state index in [0.29, 0.717) is 5.54 Å². The lowest BCUT2D eigenvalue weighted by atomic mass is 9.53. The van der Waals surface area contributed by atoms with E-state index in [2.05, 4.69) is 27.8 Å². The molecule has 1 aromatic rings. The monoisotopic (exact) mass is 313 g/mol. The Hall–Kier alpha value is -1.00. The molecule has 1 aromatic heterocycles. The summed E-state index contributed by atoms with van der Waals surface area (Å²) in [4.78, 5) is 10.6. The molecule has 4 saturated carbocycles. The Bertz CT molecular complexity index is 593. The second-order valence-electron chi connectivity index (χ2n) is 7.85. The quantitative estimate of drug-likeness (QED) is 0.907. The first-order valence-electron chi connectivity index (χ1n) is 8.68. The molecule has 4 bridgehead atoms. The number of nitrogens with one attached hydrogen (secondary N) is 1. The van der Waals surface area contributed by atoms with Gasteiger partial charge >= 0.3 is 0 Å². The highest BCUT2D eigenvalue weighted by Gasteiger charge is 2.50. The summed E-state index contributed by atoms with van der Waals surface area (Å²) in [6.45, 7) is 1.72. The summed E-state index contributed by atoms with van der Waals surface area (Å²) in [6.07, 6.45) is 8.75. The van der Waals surface area contributed by atoms with Crippen LogP contribution in [0.25, 0.3) is 0 Å². The molecule has 4 fully saturated rings. The molecule has 0 atom stereocenters. The van der Waals surface area contributed by atoms with Crippen molar-refractivity contribution < 1.29 is 0 Å². The molecule has 1 N–H and O–H groups in total. The van der Waals surface area contributed by atoms with Crippen molar-refractivity contribution in [3.8, 4) is 0 Å². The van der Waals surface area contributed by atoms with Crippen molar-refractivity contribution in [1.29, 1.82) is 0 Å². The van der Waals surface area contributed by atoms with E-state index in [1.807, 2.05) is 0 Å². The third kappa shape index (κ3) is 2.28. The fourth-order valence-electron chi connectivity index (χ4n) is 5.64. The van der Waals surface area contributed by atoms with Gasteiger partial charge in [0.05, 0.1) is 17.1 Å². The van der Waals surface area contributed by atoms with Gasteiger partial charge in [-0.3, -0.25) is 4.99 Å². The van der Waals surface area contributed by atoms with E-state index >= 15 is 0 Å². The molecule has 0 unspecified atom stereocenters. The molecule has 6 rings (SSSR count). The van der Waals surface area contributed by atoms with Gasteiger partial charge in [-0.2, -0.15) is 0 Å². The highest BCUT2D eigenvalue weighted by atomic mass is 32.1. The molecule has 2 heterocycles. The Morgan fingerprint density at radius 1 is 1.14 bits per heavy atom. The molecular weight excluding hydrogens is 290 g/mol. The van der Waals surface area contributed by atoms with Crippen molar-refractivity contribution in [2.75, 3.05) is 13.1 Å². The van der Waals surface area contributed by atoms with Crippen LogP contribution in [0, 0.1) is 17.8 Å². The average molecular weight is 313 g/mol. The standard InChI is InChI=1S/C18H23N3S/c1-2-16(22-3-1)17-19-10-15(21-17)11-20-18-7-12-4-13(8-18)6-14(5-12)9-18/h1-3,12-14,20H,4-11H2. The average Bonchev–Trinajstić information content (AvgIpc) is 3.15. The fourth-order valence-corrected chi connectivity index (χ4v) is 6.31. The van der Waals surface area contributed by atoms with Crippen LogP contribution in [0.5, 0.6) is 0 Å². The summed E-state index contributed by atoms with van der Waals surface area (Å²) in [6, 6.07) is 4.19. The number of hydrogen-bond donors (Lipinski definition) is 1. The van der Waals surface area contributed by atoms with Crippen LogP contribution < -0.4 is 5.32 Å². The zero-order valence-corrected chi connectivity index (χ0v) is 13.7. The molecule has 22 heavy (non-hydrogen) atoms. The first-order valence-corrected chi connectivity index (χ1v) is 9.56. The van der Waals surface area contributed by atoms with Gasteiger partial charge in [-0.15, -0.1) is 11.3 Å². The van der Waals surface area contributed by atoms with Gasteiger partial charge in [0, 0.05) is 12.1 Å². The molecular formula is C18H23N3S.